The summed E-state index contributed by atoms with van der Waals surface area (Å²) in [5.41, 5.74) is -1.68. The molecule has 1 aliphatic rings. The molecule has 0 aromatic rings. The Morgan fingerprint density at radius 2 is 2.25 bits per heavy atom. The van der Waals surface area contributed by atoms with Gasteiger partial charge in [-0.2, -0.15) is 0 Å². The Morgan fingerprint density at radius 3 is 2.75 bits per heavy atom. The quantitative estimate of drug-likeness (QED) is 0.689. The van der Waals surface area contributed by atoms with E-state index in [0.717, 1.165) is 19.3 Å². The summed E-state index contributed by atoms with van der Waals surface area (Å²) < 4.78 is 24.7. The zero-order chi connectivity index (χ0) is 9.19. The highest BCUT2D eigenvalue weighted by Gasteiger charge is 2.41. The van der Waals surface area contributed by atoms with E-state index in [1.54, 1.807) is 0 Å². The predicted octanol–water partition coefficient (Wildman–Crippen LogP) is 2.58. The molecule has 1 fully saturated rings. The lowest BCUT2D eigenvalue weighted by Gasteiger charge is -2.35. The average molecular weight is 178 g/mol. The van der Waals surface area contributed by atoms with Crippen molar-refractivity contribution < 1.29 is 13.9 Å². The second-order valence-electron chi connectivity index (χ2n) is 3.77. The van der Waals surface area contributed by atoms with Gasteiger partial charge in [0.15, 0.2) is 0 Å². The van der Waals surface area contributed by atoms with Gasteiger partial charge in [0.25, 0.3) is 6.43 Å². The molecule has 0 bridgehead atoms. The minimum absolute atomic E-state index is 0.265. The maximum atomic E-state index is 12.4. The second-order valence-corrected chi connectivity index (χ2v) is 3.77. The summed E-state index contributed by atoms with van der Waals surface area (Å²) in [5.74, 6) is 0.290. The van der Waals surface area contributed by atoms with Crippen LogP contribution in [0.15, 0.2) is 0 Å². The molecule has 2 atom stereocenters. The van der Waals surface area contributed by atoms with Crippen molar-refractivity contribution in [1.82, 2.24) is 0 Å². The molecule has 2 unspecified atom stereocenters. The van der Waals surface area contributed by atoms with Crippen molar-refractivity contribution in [2.75, 3.05) is 0 Å². The standard InChI is InChI=1S/C9H16F2O/c1-2-7-4-3-5-9(12,6-7)8(10)11/h7-8,12H,2-6H2,1H3. The van der Waals surface area contributed by atoms with Crippen LogP contribution in [0.1, 0.15) is 39.0 Å². The van der Waals surface area contributed by atoms with Gasteiger partial charge in [0.05, 0.1) is 0 Å². The summed E-state index contributed by atoms with van der Waals surface area (Å²) in [7, 11) is 0. The molecule has 1 aliphatic carbocycles. The predicted molar refractivity (Wildman–Crippen MR) is 43.2 cm³/mol. The van der Waals surface area contributed by atoms with Gasteiger partial charge >= 0.3 is 0 Å². The molecule has 3 heteroatoms. The van der Waals surface area contributed by atoms with Crippen molar-refractivity contribution in [3.05, 3.63) is 0 Å². The van der Waals surface area contributed by atoms with E-state index in [-0.39, 0.29) is 18.8 Å². The fourth-order valence-electron chi connectivity index (χ4n) is 1.95. The van der Waals surface area contributed by atoms with E-state index in [0.29, 0.717) is 0 Å². The Balaban J connectivity index is 2.54. The largest absolute Gasteiger partial charge is 0.384 e. The molecule has 0 saturated heterocycles. The Morgan fingerprint density at radius 1 is 1.58 bits per heavy atom. The van der Waals surface area contributed by atoms with Gasteiger partial charge in [-0.25, -0.2) is 8.78 Å². The lowest BCUT2D eigenvalue weighted by atomic mass is 9.77. The first-order chi connectivity index (χ1) is 5.58. The molecular formula is C9H16F2O. The van der Waals surface area contributed by atoms with E-state index >= 15 is 0 Å². The lowest BCUT2D eigenvalue weighted by molar-refractivity contribution is -0.127. The number of alkyl halides is 2. The first kappa shape index (κ1) is 9.90. The molecule has 0 aromatic heterocycles. The third-order valence-electron chi connectivity index (χ3n) is 2.85. The summed E-state index contributed by atoms with van der Waals surface area (Å²) in [6.07, 6.45) is 0.592. The Labute approximate surface area is 71.8 Å². The molecule has 0 aromatic carbocycles. The van der Waals surface area contributed by atoms with Crippen LogP contribution in [0.25, 0.3) is 0 Å². The van der Waals surface area contributed by atoms with Crippen LogP contribution in [0.3, 0.4) is 0 Å². The summed E-state index contributed by atoms with van der Waals surface area (Å²) >= 11 is 0. The topological polar surface area (TPSA) is 20.2 Å². The average Bonchev–Trinajstić information content (AvgIpc) is 2.04. The van der Waals surface area contributed by atoms with Gasteiger partial charge in [0, 0.05) is 0 Å². The molecule has 0 spiro atoms. The summed E-state index contributed by atoms with van der Waals surface area (Å²) in [5, 5.41) is 9.50. The van der Waals surface area contributed by atoms with Crippen LogP contribution >= 0.6 is 0 Å². The van der Waals surface area contributed by atoms with Gasteiger partial charge in [0.1, 0.15) is 5.60 Å². The maximum absolute atomic E-state index is 12.4. The van der Waals surface area contributed by atoms with Crippen molar-refractivity contribution in [3.63, 3.8) is 0 Å². The summed E-state index contributed by atoms with van der Waals surface area (Å²) in [6.45, 7) is 1.99. The minimum atomic E-state index is -2.58. The van der Waals surface area contributed by atoms with E-state index in [2.05, 4.69) is 0 Å². The van der Waals surface area contributed by atoms with Crippen LogP contribution in [0, 0.1) is 5.92 Å². The molecule has 1 saturated carbocycles. The third-order valence-corrected chi connectivity index (χ3v) is 2.85. The Bertz CT molecular complexity index is 149. The van der Waals surface area contributed by atoms with Crippen molar-refractivity contribution >= 4 is 0 Å². The first-order valence-electron chi connectivity index (χ1n) is 4.59. The van der Waals surface area contributed by atoms with Gasteiger partial charge < -0.3 is 5.11 Å². The highest BCUT2D eigenvalue weighted by Crippen LogP contribution is 2.37. The number of aliphatic hydroxyl groups is 1. The highest BCUT2D eigenvalue weighted by molar-refractivity contribution is 4.87. The molecule has 0 heterocycles. The van der Waals surface area contributed by atoms with Crippen LogP contribution in [-0.4, -0.2) is 17.1 Å². The second kappa shape index (κ2) is 3.69. The smallest absolute Gasteiger partial charge is 0.266 e. The zero-order valence-corrected chi connectivity index (χ0v) is 7.39. The van der Waals surface area contributed by atoms with Crippen LogP contribution in [-0.2, 0) is 0 Å². The van der Waals surface area contributed by atoms with Crippen molar-refractivity contribution in [3.8, 4) is 0 Å². The van der Waals surface area contributed by atoms with Gasteiger partial charge in [-0.3, -0.25) is 0 Å². The van der Waals surface area contributed by atoms with E-state index in [1.165, 1.54) is 0 Å². The highest BCUT2D eigenvalue weighted by atomic mass is 19.3. The lowest BCUT2D eigenvalue weighted by Crippen LogP contribution is -2.41. The Kier molecular flexibility index (Phi) is 3.04. The first-order valence-corrected chi connectivity index (χ1v) is 4.59. The van der Waals surface area contributed by atoms with Crippen molar-refractivity contribution in [2.45, 2.75) is 51.1 Å². The van der Waals surface area contributed by atoms with Crippen molar-refractivity contribution in [1.29, 1.82) is 0 Å². The Hall–Kier alpha value is -0.180. The fraction of sp³-hybridized carbons (Fsp3) is 1.00. The number of rotatable bonds is 2. The van der Waals surface area contributed by atoms with Crippen LogP contribution in [0.5, 0.6) is 0 Å². The molecule has 0 aliphatic heterocycles. The number of halogens is 2. The molecule has 1 nitrogen and oxygen atoms in total. The van der Waals surface area contributed by atoms with Gasteiger partial charge in [0.2, 0.25) is 0 Å². The third kappa shape index (κ3) is 1.94. The zero-order valence-electron chi connectivity index (χ0n) is 7.39. The number of hydrogen-bond acceptors (Lipinski definition) is 1. The van der Waals surface area contributed by atoms with Crippen molar-refractivity contribution in [2.24, 2.45) is 5.92 Å². The monoisotopic (exact) mass is 178 g/mol. The van der Waals surface area contributed by atoms with Gasteiger partial charge in [-0.15, -0.1) is 0 Å². The molecule has 0 amide bonds. The minimum Gasteiger partial charge on any atom is -0.384 e. The maximum Gasteiger partial charge on any atom is 0.266 e. The van der Waals surface area contributed by atoms with E-state index in [9.17, 15) is 13.9 Å². The van der Waals surface area contributed by atoms with E-state index in [1.807, 2.05) is 6.92 Å². The SMILES string of the molecule is CCC1CCCC(O)(C(F)F)C1. The summed E-state index contributed by atoms with van der Waals surface area (Å²) in [6, 6.07) is 0. The molecule has 1 N–H and O–H groups in total. The summed E-state index contributed by atoms with van der Waals surface area (Å²) in [4.78, 5) is 0. The molecule has 72 valence electrons. The van der Waals surface area contributed by atoms with E-state index < -0.39 is 12.0 Å². The van der Waals surface area contributed by atoms with Gasteiger partial charge in [-0.1, -0.05) is 26.2 Å². The van der Waals surface area contributed by atoms with Crippen LogP contribution in [0.2, 0.25) is 0 Å². The molecule has 0 radical (unpaired) electrons. The molecule has 1 rings (SSSR count). The van der Waals surface area contributed by atoms with E-state index in [4.69, 9.17) is 0 Å². The van der Waals surface area contributed by atoms with Crippen LogP contribution < -0.4 is 0 Å². The molecule has 12 heavy (non-hydrogen) atoms. The molecular weight excluding hydrogens is 162 g/mol. The number of hydrogen-bond donors (Lipinski definition) is 1. The normalized spacial score (nSPS) is 37.2. The van der Waals surface area contributed by atoms with Gasteiger partial charge in [-0.05, 0) is 18.8 Å². The fourth-order valence-corrected chi connectivity index (χ4v) is 1.95. The van der Waals surface area contributed by atoms with Crippen LogP contribution in [0.4, 0.5) is 8.78 Å².